The molecule has 0 aliphatic heterocycles. The van der Waals surface area contributed by atoms with Crippen LogP contribution in [0.2, 0.25) is 0 Å². The van der Waals surface area contributed by atoms with Gasteiger partial charge >= 0.3 is 5.97 Å². The molecule has 0 saturated heterocycles. The van der Waals surface area contributed by atoms with Gasteiger partial charge in [-0.25, -0.2) is 4.79 Å². The Hall–Kier alpha value is -2.12. The van der Waals surface area contributed by atoms with Gasteiger partial charge in [0.2, 0.25) is 5.91 Å². The third-order valence-corrected chi connectivity index (χ3v) is 4.52. The van der Waals surface area contributed by atoms with Gasteiger partial charge in [-0.1, -0.05) is 29.8 Å². The van der Waals surface area contributed by atoms with Crippen molar-refractivity contribution in [2.24, 2.45) is 0 Å². The standard InChI is InChI=1S/C19H17Br2NO4/c1-11-4-3-5-13(6-11)10-26-18-15(20)7-14(8-16(18)21)9-17(19(24)25)22-12(2)23/h3-9H,10H2,1-2H3,(H,22,23)(H,24,25). The van der Waals surface area contributed by atoms with E-state index >= 15 is 0 Å². The van der Waals surface area contributed by atoms with E-state index in [0.29, 0.717) is 26.9 Å². The van der Waals surface area contributed by atoms with Crippen LogP contribution in [0.3, 0.4) is 0 Å². The quantitative estimate of drug-likeness (QED) is 0.587. The number of carboxylic acid groups (broad SMARTS) is 1. The molecule has 0 saturated carbocycles. The summed E-state index contributed by atoms with van der Waals surface area (Å²) in [4.78, 5) is 22.4. The lowest BCUT2D eigenvalue weighted by Crippen LogP contribution is -2.24. The van der Waals surface area contributed by atoms with Gasteiger partial charge in [0, 0.05) is 6.92 Å². The van der Waals surface area contributed by atoms with E-state index in [1.165, 1.54) is 13.0 Å². The molecule has 2 N–H and O–H groups in total. The number of carbonyl (C=O) groups is 2. The van der Waals surface area contributed by atoms with Crippen LogP contribution >= 0.6 is 31.9 Å². The molecule has 0 heterocycles. The molecule has 0 aromatic heterocycles. The van der Waals surface area contributed by atoms with Crippen molar-refractivity contribution < 1.29 is 19.4 Å². The van der Waals surface area contributed by atoms with Gasteiger partial charge in [0.15, 0.2) is 0 Å². The summed E-state index contributed by atoms with van der Waals surface area (Å²) in [7, 11) is 0. The highest BCUT2D eigenvalue weighted by molar-refractivity contribution is 9.11. The summed E-state index contributed by atoms with van der Waals surface area (Å²) in [6.07, 6.45) is 1.38. The molecule has 7 heteroatoms. The van der Waals surface area contributed by atoms with Crippen molar-refractivity contribution in [3.05, 3.63) is 67.7 Å². The number of carboxylic acids is 1. The molecule has 0 aliphatic rings. The molecular weight excluding hydrogens is 466 g/mol. The summed E-state index contributed by atoms with van der Waals surface area (Å²) in [6.45, 7) is 3.68. The number of hydrogen-bond donors (Lipinski definition) is 2. The topological polar surface area (TPSA) is 75.6 Å². The molecule has 26 heavy (non-hydrogen) atoms. The van der Waals surface area contributed by atoms with Crippen LogP contribution in [0.25, 0.3) is 6.08 Å². The molecule has 2 aromatic rings. The maximum atomic E-state index is 11.2. The Morgan fingerprint density at radius 2 is 1.85 bits per heavy atom. The minimum atomic E-state index is -1.22. The summed E-state index contributed by atoms with van der Waals surface area (Å²) >= 11 is 6.89. The Morgan fingerprint density at radius 1 is 1.19 bits per heavy atom. The Labute approximate surface area is 168 Å². The number of carbonyl (C=O) groups excluding carboxylic acids is 1. The molecule has 0 unspecified atom stereocenters. The van der Waals surface area contributed by atoms with Crippen LogP contribution in [0.4, 0.5) is 0 Å². The largest absolute Gasteiger partial charge is 0.487 e. The van der Waals surface area contributed by atoms with Gasteiger partial charge in [-0.3, -0.25) is 4.79 Å². The molecule has 0 spiro atoms. The highest BCUT2D eigenvalue weighted by Gasteiger charge is 2.12. The van der Waals surface area contributed by atoms with Crippen LogP contribution in [-0.2, 0) is 16.2 Å². The van der Waals surface area contributed by atoms with Crippen LogP contribution in [0, 0.1) is 6.92 Å². The number of rotatable bonds is 6. The second kappa shape index (κ2) is 9.00. The van der Waals surface area contributed by atoms with Gasteiger partial charge in [-0.15, -0.1) is 0 Å². The SMILES string of the molecule is CC(=O)NC(=Cc1cc(Br)c(OCc2cccc(C)c2)c(Br)c1)C(=O)O. The van der Waals surface area contributed by atoms with Crippen molar-refractivity contribution in [2.75, 3.05) is 0 Å². The number of halogens is 2. The predicted molar refractivity (Wildman–Crippen MR) is 107 cm³/mol. The molecule has 0 aliphatic carbocycles. The highest BCUT2D eigenvalue weighted by atomic mass is 79.9. The van der Waals surface area contributed by atoms with Gasteiger partial charge < -0.3 is 15.2 Å². The first-order chi connectivity index (χ1) is 12.3. The lowest BCUT2D eigenvalue weighted by Gasteiger charge is -2.12. The van der Waals surface area contributed by atoms with Crippen LogP contribution in [0.5, 0.6) is 5.75 Å². The molecule has 0 atom stereocenters. The van der Waals surface area contributed by atoms with Crippen LogP contribution in [-0.4, -0.2) is 17.0 Å². The molecule has 2 aromatic carbocycles. The number of ether oxygens (including phenoxy) is 1. The van der Waals surface area contributed by atoms with E-state index in [1.807, 2.05) is 31.2 Å². The molecule has 136 valence electrons. The Bertz CT molecular complexity index is 855. The number of benzene rings is 2. The minimum Gasteiger partial charge on any atom is -0.487 e. The van der Waals surface area contributed by atoms with Gasteiger partial charge in [0.05, 0.1) is 8.95 Å². The molecule has 0 bridgehead atoms. The molecule has 2 rings (SSSR count). The molecule has 0 radical (unpaired) electrons. The van der Waals surface area contributed by atoms with Crippen molar-refractivity contribution in [2.45, 2.75) is 20.5 Å². The zero-order chi connectivity index (χ0) is 19.3. The monoisotopic (exact) mass is 481 g/mol. The Morgan fingerprint density at radius 3 is 2.38 bits per heavy atom. The average molecular weight is 483 g/mol. The minimum absolute atomic E-state index is 0.204. The Balaban J connectivity index is 2.24. The lowest BCUT2D eigenvalue weighted by molar-refractivity contribution is -0.134. The predicted octanol–water partition coefficient (Wildman–Crippen LogP) is 4.66. The third-order valence-electron chi connectivity index (χ3n) is 3.34. The number of nitrogens with one attached hydrogen (secondary N) is 1. The van der Waals surface area contributed by atoms with Gasteiger partial charge in [0.25, 0.3) is 0 Å². The summed E-state index contributed by atoms with van der Waals surface area (Å²) in [5.41, 5.74) is 2.60. The summed E-state index contributed by atoms with van der Waals surface area (Å²) in [5.74, 6) is -1.05. The maximum absolute atomic E-state index is 11.2. The van der Waals surface area contributed by atoms with E-state index in [9.17, 15) is 14.7 Å². The second-order valence-corrected chi connectivity index (χ2v) is 7.34. The molecule has 5 nitrogen and oxygen atoms in total. The molecule has 1 amide bonds. The van der Waals surface area contributed by atoms with Gasteiger partial charge in [-0.2, -0.15) is 0 Å². The van der Waals surface area contributed by atoms with Crippen LogP contribution in [0.1, 0.15) is 23.6 Å². The first kappa shape index (κ1) is 20.2. The van der Waals surface area contributed by atoms with Crippen molar-refractivity contribution in [3.63, 3.8) is 0 Å². The maximum Gasteiger partial charge on any atom is 0.352 e. The summed E-state index contributed by atoms with van der Waals surface area (Å²) in [5, 5.41) is 11.5. The number of amides is 1. The van der Waals surface area contributed by atoms with E-state index in [2.05, 4.69) is 37.2 Å². The van der Waals surface area contributed by atoms with Crippen molar-refractivity contribution in [3.8, 4) is 5.75 Å². The van der Waals surface area contributed by atoms with Crippen molar-refractivity contribution in [1.29, 1.82) is 0 Å². The fraction of sp³-hybridized carbons (Fsp3) is 0.158. The van der Waals surface area contributed by atoms with E-state index < -0.39 is 11.9 Å². The lowest BCUT2D eigenvalue weighted by atomic mass is 10.1. The number of aliphatic carboxylic acids is 1. The smallest absolute Gasteiger partial charge is 0.352 e. The summed E-state index contributed by atoms with van der Waals surface area (Å²) in [6, 6.07) is 11.5. The molecular formula is C19H17Br2NO4. The zero-order valence-corrected chi connectivity index (χ0v) is 17.3. The summed E-state index contributed by atoms with van der Waals surface area (Å²) < 4.78 is 7.21. The molecule has 0 fully saturated rings. The van der Waals surface area contributed by atoms with E-state index in [4.69, 9.17) is 4.74 Å². The average Bonchev–Trinajstić information content (AvgIpc) is 2.53. The number of hydrogen-bond acceptors (Lipinski definition) is 3. The fourth-order valence-electron chi connectivity index (χ4n) is 2.27. The highest BCUT2D eigenvalue weighted by Crippen LogP contribution is 2.36. The number of aryl methyl sites for hydroxylation is 1. The van der Waals surface area contributed by atoms with Crippen molar-refractivity contribution in [1.82, 2.24) is 5.32 Å². The van der Waals surface area contributed by atoms with Crippen LogP contribution in [0.15, 0.2) is 51.0 Å². The van der Waals surface area contributed by atoms with Crippen LogP contribution < -0.4 is 10.1 Å². The van der Waals surface area contributed by atoms with Gasteiger partial charge in [-0.05, 0) is 68.1 Å². The van der Waals surface area contributed by atoms with Gasteiger partial charge in [0.1, 0.15) is 18.1 Å². The van der Waals surface area contributed by atoms with Crippen molar-refractivity contribution >= 4 is 49.8 Å². The first-order valence-corrected chi connectivity index (χ1v) is 9.25. The van der Waals surface area contributed by atoms with E-state index in [-0.39, 0.29) is 5.70 Å². The normalized spacial score (nSPS) is 11.2. The Kier molecular flexibility index (Phi) is 6.99. The zero-order valence-electron chi connectivity index (χ0n) is 14.2. The first-order valence-electron chi connectivity index (χ1n) is 7.66. The van der Waals surface area contributed by atoms with E-state index in [1.54, 1.807) is 12.1 Å². The van der Waals surface area contributed by atoms with E-state index in [0.717, 1.165) is 11.1 Å². The third kappa shape index (κ3) is 5.71. The second-order valence-electron chi connectivity index (χ2n) is 5.64. The fourth-order valence-corrected chi connectivity index (χ4v) is 3.72.